The van der Waals surface area contributed by atoms with Crippen molar-refractivity contribution in [3.63, 3.8) is 0 Å². The van der Waals surface area contributed by atoms with Gasteiger partial charge in [-0.05, 0) is 40.2 Å². The fourth-order valence-electron chi connectivity index (χ4n) is 1.46. The zero-order chi connectivity index (χ0) is 12.3. The van der Waals surface area contributed by atoms with Gasteiger partial charge in [-0.1, -0.05) is 18.2 Å². The maximum Gasteiger partial charge on any atom is 0.139 e. The smallest absolute Gasteiger partial charge is 0.139 e. The molecular weight excluding hydrogens is 285 g/mol. The molecule has 4 heteroatoms. The molecule has 0 heterocycles. The van der Waals surface area contributed by atoms with E-state index in [-0.39, 0.29) is 11.6 Å². The van der Waals surface area contributed by atoms with Crippen LogP contribution < -0.4 is 5.32 Å². The second-order valence-electron chi connectivity index (χ2n) is 3.61. The van der Waals surface area contributed by atoms with Crippen molar-refractivity contribution in [3.8, 4) is 5.75 Å². The number of phenolic OH excluding ortho intramolecular Hbond substituents is 1. The van der Waals surface area contributed by atoms with Crippen LogP contribution >= 0.6 is 15.9 Å². The van der Waals surface area contributed by atoms with E-state index in [2.05, 4.69) is 21.2 Å². The quantitative estimate of drug-likeness (QED) is 0.900. The monoisotopic (exact) mass is 295 g/mol. The highest BCUT2D eigenvalue weighted by Gasteiger charge is 2.02. The van der Waals surface area contributed by atoms with Gasteiger partial charge in [0, 0.05) is 17.8 Å². The predicted octanol–water partition coefficient (Wildman–Crippen LogP) is 3.91. The van der Waals surface area contributed by atoms with Crippen LogP contribution in [0.5, 0.6) is 5.75 Å². The van der Waals surface area contributed by atoms with E-state index in [1.807, 2.05) is 12.1 Å². The van der Waals surface area contributed by atoms with Crippen LogP contribution in [0.1, 0.15) is 5.56 Å². The Morgan fingerprint density at radius 3 is 2.65 bits per heavy atom. The van der Waals surface area contributed by atoms with E-state index in [1.165, 1.54) is 6.07 Å². The number of rotatable bonds is 3. The van der Waals surface area contributed by atoms with Crippen molar-refractivity contribution in [3.05, 3.63) is 58.3 Å². The Morgan fingerprint density at radius 1 is 1.18 bits per heavy atom. The summed E-state index contributed by atoms with van der Waals surface area (Å²) in [6.07, 6.45) is 0. The highest BCUT2D eigenvalue weighted by Crippen LogP contribution is 2.21. The van der Waals surface area contributed by atoms with E-state index in [0.29, 0.717) is 16.7 Å². The minimum absolute atomic E-state index is 0.234. The summed E-state index contributed by atoms with van der Waals surface area (Å²) in [6.45, 7) is 0.452. The molecule has 0 amide bonds. The second kappa shape index (κ2) is 5.19. The van der Waals surface area contributed by atoms with E-state index >= 15 is 0 Å². The molecule has 0 saturated heterocycles. The first kappa shape index (κ1) is 11.9. The molecule has 2 aromatic carbocycles. The van der Waals surface area contributed by atoms with Crippen LogP contribution in [0.15, 0.2) is 46.9 Å². The van der Waals surface area contributed by atoms with Crippen LogP contribution in [0.4, 0.5) is 10.1 Å². The standard InChI is InChI=1S/C13H11BrFNO/c14-11-6-5-10(7-12(11)15)16-8-9-3-1-2-4-13(9)17/h1-7,16-17H,8H2. The number of halogens is 2. The average molecular weight is 296 g/mol. The Balaban J connectivity index is 2.08. The summed E-state index contributed by atoms with van der Waals surface area (Å²) >= 11 is 3.09. The zero-order valence-electron chi connectivity index (χ0n) is 8.95. The molecule has 0 bridgehead atoms. The van der Waals surface area contributed by atoms with Crippen LogP contribution in [0.2, 0.25) is 0 Å². The van der Waals surface area contributed by atoms with Crippen molar-refractivity contribution in [2.24, 2.45) is 0 Å². The van der Waals surface area contributed by atoms with Gasteiger partial charge in [-0.3, -0.25) is 0 Å². The lowest BCUT2D eigenvalue weighted by Crippen LogP contribution is -1.99. The molecule has 2 rings (SSSR count). The largest absolute Gasteiger partial charge is 0.508 e. The number of hydrogen-bond donors (Lipinski definition) is 2. The molecule has 0 aliphatic rings. The Labute approximate surface area is 107 Å². The molecule has 0 saturated carbocycles. The SMILES string of the molecule is Oc1ccccc1CNc1ccc(Br)c(F)c1. The van der Waals surface area contributed by atoms with Crippen LogP contribution in [0, 0.1) is 5.82 Å². The highest BCUT2D eigenvalue weighted by atomic mass is 79.9. The summed E-state index contributed by atoms with van der Waals surface area (Å²) in [6, 6.07) is 11.9. The van der Waals surface area contributed by atoms with Crippen LogP contribution in [-0.2, 0) is 6.54 Å². The first-order valence-corrected chi connectivity index (χ1v) is 5.92. The number of phenols is 1. The third kappa shape index (κ3) is 2.97. The predicted molar refractivity (Wildman–Crippen MR) is 69.5 cm³/mol. The summed E-state index contributed by atoms with van der Waals surface area (Å²) in [5.74, 6) is -0.0788. The first-order chi connectivity index (χ1) is 8.16. The molecule has 2 N–H and O–H groups in total. The van der Waals surface area contributed by atoms with Crippen molar-refractivity contribution < 1.29 is 9.50 Å². The Morgan fingerprint density at radius 2 is 1.94 bits per heavy atom. The molecule has 2 aromatic rings. The Kier molecular flexibility index (Phi) is 3.64. The van der Waals surface area contributed by atoms with Gasteiger partial charge in [0.15, 0.2) is 0 Å². The minimum Gasteiger partial charge on any atom is -0.508 e. The normalized spacial score (nSPS) is 10.2. The minimum atomic E-state index is -0.313. The van der Waals surface area contributed by atoms with Gasteiger partial charge in [-0.2, -0.15) is 0 Å². The number of nitrogens with one attached hydrogen (secondary N) is 1. The van der Waals surface area contributed by atoms with Gasteiger partial charge in [-0.25, -0.2) is 4.39 Å². The van der Waals surface area contributed by atoms with Crippen molar-refractivity contribution in [1.82, 2.24) is 0 Å². The summed E-state index contributed by atoms with van der Waals surface area (Å²) in [5.41, 5.74) is 1.45. The molecule has 0 atom stereocenters. The van der Waals surface area contributed by atoms with Gasteiger partial charge in [0.25, 0.3) is 0 Å². The molecule has 0 fully saturated rings. The van der Waals surface area contributed by atoms with Crippen molar-refractivity contribution in [1.29, 1.82) is 0 Å². The van der Waals surface area contributed by atoms with E-state index in [4.69, 9.17) is 0 Å². The van der Waals surface area contributed by atoms with Crippen molar-refractivity contribution >= 4 is 21.6 Å². The van der Waals surface area contributed by atoms with E-state index in [1.54, 1.807) is 24.3 Å². The Hall–Kier alpha value is -1.55. The van der Waals surface area contributed by atoms with Crippen molar-refractivity contribution in [2.75, 3.05) is 5.32 Å². The molecule has 0 spiro atoms. The lowest BCUT2D eigenvalue weighted by molar-refractivity contribution is 0.469. The fraction of sp³-hybridized carbons (Fsp3) is 0.0769. The van der Waals surface area contributed by atoms with Crippen molar-refractivity contribution in [2.45, 2.75) is 6.54 Å². The first-order valence-electron chi connectivity index (χ1n) is 5.12. The van der Waals surface area contributed by atoms with Crippen LogP contribution in [0.3, 0.4) is 0 Å². The molecule has 0 aliphatic carbocycles. The number of para-hydroxylation sites is 1. The fourth-order valence-corrected chi connectivity index (χ4v) is 1.71. The lowest BCUT2D eigenvalue weighted by atomic mass is 10.2. The number of hydrogen-bond acceptors (Lipinski definition) is 2. The highest BCUT2D eigenvalue weighted by molar-refractivity contribution is 9.10. The molecule has 0 aromatic heterocycles. The molecule has 0 unspecified atom stereocenters. The maximum atomic E-state index is 13.2. The lowest BCUT2D eigenvalue weighted by Gasteiger charge is -2.08. The topological polar surface area (TPSA) is 32.3 Å². The molecule has 0 radical (unpaired) electrons. The molecule has 2 nitrogen and oxygen atoms in total. The van der Waals surface area contributed by atoms with Gasteiger partial charge in [0.1, 0.15) is 11.6 Å². The third-order valence-corrected chi connectivity index (χ3v) is 3.04. The van der Waals surface area contributed by atoms with E-state index < -0.39 is 0 Å². The van der Waals surface area contributed by atoms with Gasteiger partial charge in [0.05, 0.1) is 4.47 Å². The van der Waals surface area contributed by atoms with E-state index in [9.17, 15) is 9.50 Å². The zero-order valence-corrected chi connectivity index (χ0v) is 10.5. The average Bonchev–Trinajstić information content (AvgIpc) is 2.32. The third-order valence-electron chi connectivity index (χ3n) is 2.39. The number of aromatic hydroxyl groups is 1. The summed E-state index contributed by atoms with van der Waals surface area (Å²) < 4.78 is 13.7. The van der Waals surface area contributed by atoms with Gasteiger partial charge in [-0.15, -0.1) is 0 Å². The molecule has 17 heavy (non-hydrogen) atoms. The van der Waals surface area contributed by atoms with Gasteiger partial charge < -0.3 is 10.4 Å². The summed E-state index contributed by atoms with van der Waals surface area (Å²) in [5, 5.41) is 12.6. The molecule has 88 valence electrons. The van der Waals surface area contributed by atoms with Crippen LogP contribution in [0.25, 0.3) is 0 Å². The summed E-state index contributed by atoms with van der Waals surface area (Å²) in [4.78, 5) is 0. The maximum absolute atomic E-state index is 13.2. The number of benzene rings is 2. The van der Waals surface area contributed by atoms with Gasteiger partial charge >= 0.3 is 0 Å². The summed E-state index contributed by atoms with van der Waals surface area (Å²) in [7, 11) is 0. The number of anilines is 1. The van der Waals surface area contributed by atoms with Gasteiger partial charge in [0.2, 0.25) is 0 Å². The Bertz CT molecular complexity index is 531. The van der Waals surface area contributed by atoms with E-state index in [0.717, 1.165) is 5.56 Å². The molecular formula is C13H11BrFNO. The van der Waals surface area contributed by atoms with Crippen LogP contribution in [-0.4, -0.2) is 5.11 Å². The molecule has 0 aliphatic heterocycles. The second-order valence-corrected chi connectivity index (χ2v) is 4.47.